The summed E-state index contributed by atoms with van der Waals surface area (Å²) in [7, 11) is 0. The Bertz CT molecular complexity index is 275. The number of aromatic nitrogens is 2. The third-order valence-corrected chi connectivity index (χ3v) is 3.87. The number of hydrogen-bond acceptors (Lipinski definition) is 2. The molecule has 14 heavy (non-hydrogen) atoms. The molecule has 0 amide bonds. The molecule has 1 saturated heterocycles. The van der Waals surface area contributed by atoms with Crippen LogP contribution in [0.3, 0.4) is 0 Å². The first-order chi connectivity index (χ1) is 6.82. The second-order valence-corrected chi connectivity index (χ2v) is 4.26. The van der Waals surface area contributed by atoms with E-state index in [1.165, 1.54) is 18.5 Å². The quantitative estimate of drug-likeness (QED) is 0.769. The lowest BCUT2D eigenvalue weighted by Gasteiger charge is -2.31. The van der Waals surface area contributed by atoms with Gasteiger partial charge in [-0.2, -0.15) is 5.10 Å². The van der Waals surface area contributed by atoms with Crippen molar-refractivity contribution in [3.63, 3.8) is 0 Å². The molecule has 0 spiro atoms. The predicted molar refractivity (Wildman–Crippen MR) is 57.2 cm³/mol. The van der Waals surface area contributed by atoms with Crippen molar-refractivity contribution in [1.82, 2.24) is 15.5 Å². The van der Waals surface area contributed by atoms with Crippen LogP contribution in [0.5, 0.6) is 0 Å². The van der Waals surface area contributed by atoms with Crippen molar-refractivity contribution < 1.29 is 0 Å². The highest BCUT2D eigenvalue weighted by molar-refractivity contribution is 5.15. The molecule has 1 atom stereocenters. The SMILES string of the molecule is CCC1(CC)CNC[C@@H]1c1ccn[nH]1. The smallest absolute Gasteiger partial charge is 0.0490 e. The summed E-state index contributed by atoms with van der Waals surface area (Å²) in [5, 5.41) is 10.7. The first-order valence-electron chi connectivity index (χ1n) is 5.52. The fourth-order valence-corrected chi connectivity index (χ4v) is 2.70. The zero-order valence-corrected chi connectivity index (χ0v) is 9.01. The molecule has 0 bridgehead atoms. The van der Waals surface area contributed by atoms with Crippen LogP contribution in [0.2, 0.25) is 0 Å². The number of nitrogens with one attached hydrogen (secondary N) is 2. The Labute approximate surface area is 85.3 Å². The first kappa shape index (κ1) is 9.71. The predicted octanol–water partition coefficient (Wildman–Crippen LogP) is 1.90. The molecule has 78 valence electrons. The second-order valence-electron chi connectivity index (χ2n) is 4.26. The van der Waals surface area contributed by atoms with Gasteiger partial charge >= 0.3 is 0 Å². The van der Waals surface area contributed by atoms with Crippen LogP contribution in [0.1, 0.15) is 38.3 Å². The zero-order chi connectivity index (χ0) is 10.0. The largest absolute Gasteiger partial charge is 0.315 e. The molecule has 3 heteroatoms. The first-order valence-corrected chi connectivity index (χ1v) is 5.52. The van der Waals surface area contributed by atoms with Crippen molar-refractivity contribution in [3.8, 4) is 0 Å². The minimum atomic E-state index is 0.437. The maximum absolute atomic E-state index is 4.05. The number of aromatic amines is 1. The molecule has 0 saturated carbocycles. The van der Waals surface area contributed by atoms with Gasteiger partial charge in [0, 0.05) is 30.9 Å². The fraction of sp³-hybridized carbons (Fsp3) is 0.727. The average molecular weight is 193 g/mol. The number of rotatable bonds is 3. The summed E-state index contributed by atoms with van der Waals surface area (Å²) in [4.78, 5) is 0. The Morgan fingerprint density at radius 1 is 1.50 bits per heavy atom. The van der Waals surface area contributed by atoms with Crippen molar-refractivity contribution in [2.75, 3.05) is 13.1 Å². The molecular weight excluding hydrogens is 174 g/mol. The van der Waals surface area contributed by atoms with E-state index in [4.69, 9.17) is 0 Å². The Kier molecular flexibility index (Phi) is 2.59. The Morgan fingerprint density at radius 2 is 2.29 bits per heavy atom. The van der Waals surface area contributed by atoms with Gasteiger partial charge in [0.1, 0.15) is 0 Å². The summed E-state index contributed by atoms with van der Waals surface area (Å²) in [6.07, 6.45) is 4.32. The van der Waals surface area contributed by atoms with Crippen molar-refractivity contribution in [1.29, 1.82) is 0 Å². The summed E-state index contributed by atoms with van der Waals surface area (Å²) < 4.78 is 0. The van der Waals surface area contributed by atoms with E-state index in [-0.39, 0.29) is 0 Å². The molecule has 1 aliphatic heterocycles. The van der Waals surface area contributed by atoms with Gasteiger partial charge in [-0.05, 0) is 24.3 Å². The molecule has 1 aromatic rings. The van der Waals surface area contributed by atoms with E-state index < -0.39 is 0 Å². The molecule has 2 heterocycles. The highest BCUT2D eigenvalue weighted by Gasteiger charge is 2.41. The summed E-state index contributed by atoms with van der Waals surface area (Å²) in [5.41, 5.74) is 1.73. The lowest BCUT2D eigenvalue weighted by molar-refractivity contribution is 0.257. The van der Waals surface area contributed by atoms with Crippen molar-refractivity contribution >= 4 is 0 Å². The van der Waals surface area contributed by atoms with Gasteiger partial charge in [-0.3, -0.25) is 5.10 Å². The van der Waals surface area contributed by atoms with E-state index in [1.807, 2.05) is 6.20 Å². The van der Waals surface area contributed by atoms with Crippen molar-refractivity contribution in [3.05, 3.63) is 18.0 Å². The molecular formula is C11H19N3. The van der Waals surface area contributed by atoms with Crippen molar-refractivity contribution in [2.45, 2.75) is 32.6 Å². The van der Waals surface area contributed by atoms with E-state index in [2.05, 4.69) is 35.4 Å². The van der Waals surface area contributed by atoms with Gasteiger partial charge in [-0.1, -0.05) is 13.8 Å². The molecule has 0 unspecified atom stereocenters. The molecule has 0 aromatic carbocycles. The van der Waals surface area contributed by atoms with E-state index >= 15 is 0 Å². The lowest BCUT2D eigenvalue weighted by Crippen LogP contribution is -2.27. The molecule has 2 N–H and O–H groups in total. The maximum atomic E-state index is 4.05. The third kappa shape index (κ3) is 1.36. The van der Waals surface area contributed by atoms with E-state index in [9.17, 15) is 0 Å². The van der Waals surface area contributed by atoms with E-state index in [0.29, 0.717) is 11.3 Å². The van der Waals surface area contributed by atoms with Gasteiger partial charge in [-0.15, -0.1) is 0 Å². The van der Waals surface area contributed by atoms with Crippen LogP contribution in [-0.4, -0.2) is 23.3 Å². The minimum Gasteiger partial charge on any atom is -0.315 e. The third-order valence-electron chi connectivity index (χ3n) is 3.87. The highest BCUT2D eigenvalue weighted by Crippen LogP contribution is 2.43. The maximum Gasteiger partial charge on any atom is 0.0490 e. The molecule has 1 aromatic heterocycles. The minimum absolute atomic E-state index is 0.437. The summed E-state index contributed by atoms with van der Waals surface area (Å²) >= 11 is 0. The van der Waals surface area contributed by atoms with Gasteiger partial charge in [0.15, 0.2) is 0 Å². The molecule has 1 aliphatic rings. The van der Waals surface area contributed by atoms with Gasteiger partial charge in [-0.25, -0.2) is 0 Å². The number of nitrogens with zero attached hydrogens (tertiary/aromatic N) is 1. The van der Waals surface area contributed by atoms with Gasteiger partial charge in [0.05, 0.1) is 0 Å². The Morgan fingerprint density at radius 3 is 2.86 bits per heavy atom. The molecule has 2 rings (SSSR count). The number of hydrogen-bond donors (Lipinski definition) is 2. The van der Waals surface area contributed by atoms with Gasteiger partial charge in [0.25, 0.3) is 0 Å². The molecule has 0 radical (unpaired) electrons. The van der Waals surface area contributed by atoms with Crippen molar-refractivity contribution in [2.24, 2.45) is 5.41 Å². The molecule has 3 nitrogen and oxygen atoms in total. The van der Waals surface area contributed by atoms with E-state index in [0.717, 1.165) is 13.1 Å². The molecule has 0 aliphatic carbocycles. The lowest BCUT2D eigenvalue weighted by atomic mass is 9.72. The van der Waals surface area contributed by atoms with Crippen LogP contribution < -0.4 is 5.32 Å². The second kappa shape index (κ2) is 3.73. The summed E-state index contributed by atoms with van der Waals surface area (Å²) in [6, 6.07) is 2.11. The average Bonchev–Trinajstić information content (AvgIpc) is 2.86. The Balaban J connectivity index is 2.26. The van der Waals surface area contributed by atoms with Gasteiger partial charge in [0.2, 0.25) is 0 Å². The van der Waals surface area contributed by atoms with E-state index in [1.54, 1.807) is 0 Å². The zero-order valence-electron chi connectivity index (χ0n) is 9.01. The van der Waals surface area contributed by atoms with Crippen LogP contribution in [0, 0.1) is 5.41 Å². The number of H-pyrrole nitrogens is 1. The molecule has 1 fully saturated rings. The standard InChI is InChI=1S/C11H19N3/c1-3-11(4-2)8-12-7-9(11)10-5-6-13-14-10/h5-6,9,12H,3-4,7-8H2,1-2H3,(H,13,14)/t9-/m1/s1. The Hall–Kier alpha value is -0.830. The van der Waals surface area contributed by atoms with Crippen LogP contribution in [0.15, 0.2) is 12.3 Å². The van der Waals surface area contributed by atoms with Crippen LogP contribution in [-0.2, 0) is 0 Å². The topological polar surface area (TPSA) is 40.7 Å². The summed E-state index contributed by atoms with van der Waals surface area (Å²) in [5.74, 6) is 0.611. The van der Waals surface area contributed by atoms with Crippen LogP contribution in [0.25, 0.3) is 0 Å². The van der Waals surface area contributed by atoms with Crippen LogP contribution >= 0.6 is 0 Å². The highest BCUT2D eigenvalue weighted by atomic mass is 15.1. The summed E-state index contributed by atoms with van der Waals surface area (Å²) in [6.45, 7) is 6.81. The van der Waals surface area contributed by atoms with Gasteiger partial charge < -0.3 is 5.32 Å². The normalized spacial score (nSPS) is 25.4. The van der Waals surface area contributed by atoms with Crippen LogP contribution in [0.4, 0.5) is 0 Å². The monoisotopic (exact) mass is 193 g/mol. The fourth-order valence-electron chi connectivity index (χ4n) is 2.70.